The van der Waals surface area contributed by atoms with Crippen molar-refractivity contribution in [2.24, 2.45) is 135 Å². The normalized spacial score (nSPS) is 80.4. The monoisotopic (exact) mass is 494 g/mol. The highest BCUT2D eigenvalue weighted by Gasteiger charge is 3.02. The molecule has 0 aromatic rings. The second-order valence-electron chi connectivity index (χ2n) is 19.2. The third-order valence-corrected chi connectivity index (χ3v) is 20.3. The molecule has 0 saturated heterocycles. The predicted molar refractivity (Wildman–Crippen MR) is 144 cm³/mol. The zero-order chi connectivity index (χ0) is 23.5. The summed E-state index contributed by atoms with van der Waals surface area (Å²) < 4.78 is 0. The van der Waals surface area contributed by atoms with Crippen LogP contribution in [0.3, 0.4) is 0 Å². The van der Waals surface area contributed by atoms with Gasteiger partial charge in [0.15, 0.2) is 0 Å². The van der Waals surface area contributed by atoms with Crippen molar-refractivity contribution in [1.29, 1.82) is 0 Å². The van der Waals surface area contributed by atoms with Gasteiger partial charge in [-0.15, -0.1) is 0 Å². The summed E-state index contributed by atoms with van der Waals surface area (Å²) in [5.74, 6) is 24.4. The zero-order valence-electron chi connectivity index (χ0n) is 23.5. The van der Waals surface area contributed by atoms with Gasteiger partial charge >= 0.3 is 0 Å². The van der Waals surface area contributed by atoms with E-state index in [0.29, 0.717) is 0 Å². The first-order valence-electron chi connectivity index (χ1n) is 18.2. The maximum Gasteiger partial charge on any atom is -0.0176 e. The van der Waals surface area contributed by atoms with Crippen molar-refractivity contribution in [3.63, 3.8) is 0 Å². The Morgan fingerprint density at radius 1 is 0.514 bits per heavy atom. The molecule has 13 aliphatic carbocycles. The Labute approximate surface area is 225 Å². The van der Waals surface area contributed by atoms with Gasteiger partial charge in [-0.2, -0.15) is 0 Å². The molecule has 22 atom stereocenters. The SMILES string of the molecule is CC1CCC(C)C2CC34C5C6C(C7C6C6C7C7CCC(CC1)C76C1CCC1)C5C3C13CCC5C2C(C51)C34. The fraction of sp³-hybridized carbons (Fsp3) is 1.00. The molecule has 2 spiro atoms. The van der Waals surface area contributed by atoms with Crippen LogP contribution in [0.15, 0.2) is 0 Å². The first-order chi connectivity index (χ1) is 18.2. The average molecular weight is 495 g/mol. The first-order valence-corrected chi connectivity index (χ1v) is 18.2. The number of fused-ring (bicyclic) bond motifs is 8. The van der Waals surface area contributed by atoms with Crippen molar-refractivity contribution in [3.05, 3.63) is 0 Å². The van der Waals surface area contributed by atoms with Crippen LogP contribution in [0, 0.1) is 135 Å². The lowest BCUT2D eigenvalue weighted by Crippen LogP contribution is -3.00. The van der Waals surface area contributed by atoms with E-state index >= 15 is 0 Å². The van der Waals surface area contributed by atoms with E-state index in [1.165, 1.54) is 94.7 Å². The molecule has 13 fully saturated rings. The van der Waals surface area contributed by atoms with Crippen LogP contribution in [0.1, 0.15) is 90.9 Å². The van der Waals surface area contributed by atoms with E-state index in [1.54, 1.807) is 77.0 Å². The summed E-state index contributed by atoms with van der Waals surface area (Å²) in [5.41, 5.74) is 2.79. The first kappa shape index (κ1) is 20.0. The second-order valence-corrected chi connectivity index (χ2v) is 19.2. The molecule has 198 valence electrons. The van der Waals surface area contributed by atoms with Gasteiger partial charge in [0.25, 0.3) is 0 Å². The van der Waals surface area contributed by atoms with Gasteiger partial charge in [-0.05, 0) is 186 Å². The van der Waals surface area contributed by atoms with Gasteiger partial charge < -0.3 is 0 Å². The standard InChI is InChI=1S/C37H50/c1-15-6-8-16(2)20-14-36-31-26-25(29(31)34(36)35-13-12-19-22(20)28(30(19)35)33(35)36)24-23-21-11-10-18(9-7-15)37(21,17-4-3-5-17)32(23)27(24)26/h15-34H,3-14H2,1-2H3. The molecule has 37 heavy (non-hydrogen) atoms. The molecule has 0 amide bonds. The van der Waals surface area contributed by atoms with Crippen LogP contribution in [-0.2, 0) is 0 Å². The smallest absolute Gasteiger partial charge is 0.0176 e. The molecular weight excluding hydrogens is 444 g/mol. The maximum absolute atomic E-state index is 2.78. The van der Waals surface area contributed by atoms with Gasteiger partial charge in [-0.1, -0.05) is 39.5 Å². The molecule has 0 aliphatic heterocycles. The topological polar surface area (TPSA) is 0 Å². The lowest BCUT2D eigenvalue weighted by atomic mass is 9.01. The molecule has 0 radical (unpaired) electrons. The number of hydrogen-bond donors (Lipinski definition) is 0. The van der Waals surface area contributed by atoms with Crippen molar-refractivity contribution >= 4 is 0 Å². The molecule has 13 rings (SSSR count). The third kappa shape index (κ3) is 1.47. The molecular formula is C37H50. The highest BCUT2D eigenvalue weighted by Crippen LogP contribution is 3.06. The summed E-state index contributed by atoms with van der Waals surface area (Å²) in [6, 6.07) is 0. The minimum atomic E-state index is 0.892. The lowest BCUT2D eigenvalue weighted by molar-refractivity contribution is -0.567. The van der Waals surface area contributed by atoms with Crippen molar-refractivity contribution < 1.29 is 0 Å². The fourth-order valence-electron chi connectivity index (χ4n) is 20.4. The molecule has 0 N–H and O–H groups in total. The Balaban J connectivity index is 0.957. The predicted octanol–water partition coefficient (Wildman–Crippen LogP) is 8.17. The average Bonchev–Trinajstić information content (AvgIpc) is 3.23. The molecule has 0 nitrogen and oxygen atoms in total. The van der Waals surface area contributed by atoms with Gasteiger partial charge in [0.2, 0.25) is 0 Å². The molecule has 13 aliphatic rings. The molecule has 22 unspecified atom stereocenters. The Bertz CT molecular complexity index is 1160. The lowest BCUT2D eigenvalue weighted by Gasteiger charge is -3.03. The van der Waals surface area contributed by atoms with E-state index in [9.17, 15) is 0 Å². The molecule has 0 heteroatoms. The highest BCUT2D eigenvalue weighted by molar-refractivity contribution is 5.49. The molecule has 0 aromatic carbocycles. The Morgan fingerprint density at radius 2 is 1.24 bits per heavy atom. The van der Waals surface area contributed by atoms with Gasteiger partial charge in [0, 0.05) is 0 Å². The summed E-state index contributed by atoms with van der Waals surface area (Å²) in [6.45, 7) is 5.45. The number of rotatable bonds is 1. The highest BCUT2D eigenvalue weighted by atomic mass is 15.1. The van der Waals surface area contributed by atoms with Crippen molar-refractivity contribution in [3.8, 4) is 0 Å². The van der Waals surface area contributed by atoms with Gasteiger partial charge in [0.1, 0.15) is 0 Å². The largest absolute Gasteiger partial charge is 0.0625 e. The minimum absolute atomic E-state index is 0.892. The third-order valence-electron chi connectivity index (χ3n) is 20.3. The van der Waals surface area contributed by atoms with Crippen LogP contribution in [0.25, 0.3) is 0 Å². The van der Waals surface area contributed by atoms with Crippen molar-refractivity contribution in [2.45, 2.75) is 90.9 Å². The van der Waals surface area contributed by atoms with Gasteiger partial charge in [0.05, 0.1) is 0 Å². The molecule has 13 saturated carbocycles. The Morgan fingerprint density at radius 3 is 2.08 bits per heavy atom. The summed E-state index contributed by atoms with van der Waals surface area (Å²) in [5, 5.41) is 0. The van der Waals surface area contributed by atoms with E-state index in [4.69, 9.17) is 0 Å². The van der Waals surface area contributed by atoms with E-state index < -0.39 is 0 Å². The molecule has 0 heterocycles. The number of hydrogen-bond acceptors (Lipinski definition) is 0. The van der Waals surface area contributed by atoms with Gasteiger partial charge in [-0.3, -0.25) is 0 Å². The molecule has 2 bridgehead atoms. The van der Waals surface area contributed by atoms with E-state index in [2.05, 4.69) is 13.8 Å². The van der Waals surface area contributed by atoms with E-state index in [1.807, 2.05) is 0 Å². The van der Waals surface area contributed by atoms with Crippen LogP contribution in [-0.4, -0.2) is 0 Å². The van der Waals surface area contributed by atoms with Crippen LogP contribution >= 0.6 is 0 Å². The van der Waals surface area contributed by atoms with Crippen LogP contribution in [0.2, 0.25) is 0 Å². The Kier molecular flexibility index (Phi) is 2.94. The van der Waals surface area contributed by atoms with Crippen molar-refractivity contribution in [1.82, 2.24) is 0 Å². The van der Waals surface area contributed by atoms with E-state index in [-0.39, 0.29) is 0 Å². The summed E-state index contributed by atoms with van der Waals surface area (Å²) in [4.78, 5) is 0. The van der Waals surface area contributed by atoms with Crippen molar-refractivity contribution in [2.75, 3.05) is 0 Å². The van der Waals surface area contributed by atoms with Crippen LogP contribution in [0.5, 0.6) is 0 Å². The summed E-state index contributed by atoms with van der Waals surface area (Å²) in [7, 11) is 0. The summed E-state index contributed by atoms with van der Waals surface area (Å²) in [6.07, 6.45) is 19.7. The van der Waals surface area contributed by atoms with E-state index in [0.717, 1.165) is 39.9 Å². The maximum atomic E-state index is 2.78. The summed E-state index contributed by atoms with van der Waals surface area (Å²) >= 11 is 0. The molecule has 0 aromatic heterocycles. The Hall–Kier alpha value is 0. The second kappa shape index (κ2) is 5.44. The quantitative estimate of drug-likeness (QED) is 0.345. The zero-order valence-corrected chi connectivity index (χ0v) is 23.5. The van der Waals surface area contributed by atoms with Gasteiger partial charge in [-0.25, -0.2) is 0 Å². The fourth-order valence-corrected chi connectivity index (χ4v) is 20.4. The van der Waals surface area contributed by atoms with Crippen LogP contribution < -0.4 is 0 Å². The minimum Gasteiger partial charge on any atom is -0.0625 e. The van der Waals surface area contributed by atoms with Crippen LogP contribution in [0.4, 0.5) is 0 Å².